The molecule has 13 heavy (non-hydrogen) atoms. The third-order valence-corrected chi connectivity index (χ3v) is 3.56. The fraction of sp³-hybridized carbons (Fsp3) is 0.222. The van der Waals surface area contributed by atoms with E-state index in [0.29, 0.717) is 0 Å². The molecule has 1 aromatic heterocycles. The van der Waals surface area contributed by atoms with Gasteiger partial charge in [-0.2, -0.15) is 11.8 Å². The summed E-state index contributed by atoms with van der Waals surface area (Å²) in [5.41, 5.74) is 2.16. The Kier molecular flexibility index (Phi) is 2.80. The predicted molar refractivity (Wildman–Crippen MR) is 60.3 cm³/mol. The van der Waals surface area contributed by atoms with Crippen molar-refractivity contribution in [2.45, 2.75) is 5.16 Å². The van der Waals surface area contributed by atoms with Crippen LogP contribution in [0.3, 0.4) is 0 Å². The molecular weight excluding hydrogens is 200 g/mol. The molecule has 68 valence electrons. The molecule has 4 heteroatoms. The molecule has 0 aliphatic rings. The molecule has 1 aromatic carbocycles. The number of aromatic nitrogens is 2. The van der Waals surface area contributed by atoms with E-state index in [0.717, 1.165) is 21.3 Å². The summed E-state index contributed by atoms with van der Waals surface area (Å²) in [6.07, 6.45) is 2.09. The maximum Gasteiger partial charge on any atom is 0.167 e. The van der Waals surface area contributed by atoms with Crippen LogP contribution in [0.5, 0.6) is 0 Å². The summed E-state index contributed by atoms with van der Waals surface area (Å²) in [5, 5.41) is 2.05. The van der Waals surface area contributed by atoms with Gasteiger partial charge in [-0.3, -0.25) is 0 Å². The fourth-order valence-corrected chi connectivity index (χ4v) is 2.38. The second-order valence-electron chi connectivity index (χ2n) is 2.61. The molecule has 0 atom stereocenters. The summed E-state index contributed by atoms with van der Waals surface area (Å²) in [6.45, 7) is 0. The maximum atomic E-state index is 4.44. The molecule has 1 heterocycles. The van der Waals surface area contributed by atoms with Crippen LogP contribution >= 0.6 is 23.5 Å². The molecule has 0 aliphatic carbocycles. The molecule has 1 N–H and O–H groups in total. The lowest BCUT2D eigenvalue weighted by Crippen LogP contribution is -1.73. The minimum atomic E-state index is 1.01. The molecule has 0 saturated heterocycles. The van der Waals surface area contributed by atoms with Gasteiger partial charge in [0.15, 0.2) is 5.16 Å². The number of nitrogens with one attached hydrogen (secondary N) is 1. The Bertz CT molecular complexity index is 364. The number of para-hydroxylation sites is 2. The number of imidazole rings is 1. The predicted octanol–water partition coefficient (Wildman–Crippen LogP) is 2.98. The molecule has 0 radical (unpaired) electrons. The number of hydrogen-bond acceptors (Lipinski definition) is 3. The highest BCUT2D eigenvalue weighted by molar-refractivity contribution is 8.15. The molecule has 0 unspecified atom stereocenters. The lowest BCUT2D eigenvalue weighted by molar-refractivity contribution is 1.08. The van der Waals surface area contributed by atoms with Crippen molar-refractivity contribution in [3.8, 4) is 0 Å². The lowest BCUT2D eigenvalue weighted by atomic mass is 10.3. The van der Waals surface area contributed by atoms with Crippen LogP contribution in [0.15, 0.2) is 29.4 Å². The van der Waals surface area contributed by atoms with E-state index >= 15 is 0 Å². The zero-order valence-corrected chi connectivity index (χ0v) is 8.91. The molecule has 0 amide bonds. The summed E-state index contributed by atoms with van der Waals surface area (Å²) < 4.78 is 0. The van der Waals surface area contributed by atoms with Gasteiger partial charge in [0.05, 0.1) is 11.0 Å². The number of rotatable bonds is 3. The van der Waals surface area contributed by atoms with Gasteiger partial charge >= 0.3 is 0 Å². The van der Waals surface area contributed by atoms with E-state index in [1.165, 1.54) is 0 Å². The molecule has 2 aromatic rings. The third-order valence-electron chi connectivity index (χ3n) is 1.68. The third kappa shape index (κ3) is 2.00. The molecule has 0 fully saturated rings. The summed E-state index contributed by atoms with van der Waals surface area (Å²) in [6, 6.07) is 8.09. The number of fused-ring (bicyclic) bond motifs is 1. The average Bonchev–Trinajstić information content (AvgIpc) is 2.57. The van der Waals surface area contributed by atoms with Gasteiger partial charge in [-0.1, -0.05) is 23.9 Å². The highest BCUT2D eigenvalue weighted by Gasteiger charge is 2.00. The SMILES string of the molecule is CSCSc1nc2ccccc2[nH]1. The van der Waals surface area contributed by atoms with Crippen molar-refractivity contribution in [1.82, 2.24) is 9.97 Å². The molecular formula is C9H10N2S2. The van der Waals surface area contributed by atoms with Crippen LogP contribution in [-0.2, 0) is 0 Å². The van der Waals surface area contributed by atoms with Gasteiger partial charge < -0.3 is 4.98 Å². The van der Waals surface area contributed by atoms with E-state index < -0.39 is 0 Å². The monoisotopic (exact) mass is 210 g/mol. The first-order valence-electron chi connectivity index (χ1n) is 3.96. The minimum Gasteiger partial charge on any atom is -0.333 e. The number of hydrogen-bond donors (Lipinski definition) is 1. The Morgan fingerprint density at radius 1 is 1.38 bits per heavy atom. The van der Waals surface area contributed by atoms with Gasteiger partial charge in [0.25, 0.3) is 0 Å². The van der Waals surface area contributed by atoms with Crippen molar-refractivity contribution in [3.63, 3.8) is 0 Å². The Hall–Kier alpha value is -0.610. The van der Waals surface area contributed by atoms with E-state index in [-0.39, 0.29) is 0 Å². The van der Waals surface area contributed by atoms with E-state index in [2.05, 4.69) is 16.2 Å². The Morgan fingerprint density at radius 3 is 3.00 bits per heavy atom. The molecule has 0 bridgehead atoms. The number of nitrogens with zero attached hydrogens (tertiary/aromatic N) is 1. The van der Waals surface area contributed by atoms with Crippen molar-refractivity contribution in [2.24, 2.45) is 0 Å². The van der Waals surface area contributed by atoms with Crippen LogP contribution in [0.2, 0.25) is 0 Å². The van der Waals surface area contributed by atoms with Crippen molar-refractivity contribution < 1.29 is 0 Å². The normalized spacial score (nSPS) is 10.8. The van der Waals surface area contributed by atoms with Crippen LogP contribution in [-0.4, -0.2) is 21.3 Å². The van der Waals surface area contributed by atoms with E-state index in [1.54, 1.807) is 11.8 Å². The quantitative estimate of drug-likeness (QED) is 0.623. The Balaban J connectivity index is 2.28. The zero-order valence-electron chi connectivity index (χ0n) is 7.28. The first-order valence-corrected chi connectivity index (χ1v) is 6.34. The first kappa shape index (κ1) is 8.97. The molecule has 2 rings (SSSR count). The van der Waals surface area contributed by atoms with Gasteiger partial charge in [0.1, 0.15) is 0 Å². The fourth-order valence-electron chi connectivity index (χ4n) is 1.11. The molecule has 0 aliphatic heterocycles. The minimum absolute atomic E-state index is 1.01. The zero-order chi connectivity index (χ0) is 9.10. The summed E-state index contributed by atoms with van der Waals surface area (Å²) in [7, 11) is 0. The van der Waals surface area contributed by atoms with E-state index in [9.17, 15) is 0 Å². The number of benzene rings is 1. The number of aromatic amines is 1. The standard InChI is InChI=1S/C9H10N2S2/c1-12-6-13-9-10-7-4-2-3-5-8(7)11-9/h2-5H,6H2,1H3,(H,10,11). The van der Waals surface area contributed by atoms with Crippen molar-refractivity contribution in [1.29, 1.82) is 0 Å². The van der Waals surface area contributed by atoms with Crippen molar-refractivity contribution >= 4 is 34.6 Å². The lowest BCUT2D eigenvalue weighted by Gasteiger charge is -1.90. The highest BCUT2D eigenvalue weighted by Crippen LogP contribution is 2.21. The summed E-state index contributed by atoms with van der Waals surface area (Å²) in [4.78, 5) is 7.71. The van der Waals surface area contributed by atoms with Gasteiger partial charge in [0, 0.05) is 5.08 Å². The number of H-pyrrole nitrogens is 1. The second kappa shape index (κ2) is 4.07. The van der Waals surface area contributed by atoms with E-state index in [4.69, 9.17) is 0 Å². The van der Waals surface area contributed by atoms with Gasteiger partial charge in [-0.25, -0.2) is 4.98 Å². The Morgan fingerprint density at radius 2 is 2.23 bits per heavy atom. The van der Waals surface area contributed by atoms with Gasteiger partial charge in [0.2, 0.25) is 0 Å². The summed E-state index contributed by atoms with van der Waals surface area (Å²) in [5.74, 6) is 0. The highest BCUT2D eigenvalue weighted by atomic mass is 32.2. The van der Waals surface area contributed by atoms with Crippen molar-refractivity contribution in [3.05, 3.63) is 24.3 Å². The van der Waals surface area contributed by atoms with Crippen LogP contribution in [0.25, 0.3) is 11.0 Å². The maximum absolute atomic E-state index is 4.44. The van der Waals surface area contributed by atoms with Gasteiger partial charge in [-0.15, -0.1) is 0 Å². The van der Waals surface area contributed by atoms with Crippen LogP contribution in [0.4, 0.5) is 0 Å². The number of thioether (sulfide) groups is 2. The van der Waals surface area contributed by atoms with E-state index in [1.807, 2.05) is 36.0 Å². The van der Waals surface area contributed by atoms with Crippen LogP contribution in [0.1, 0.15) is 0 Å². The van der Waals surface area contributed by atoms with Gasteiger partial charge in [-0.05, 0) is 18.4 Å². The molecule has 0 saturated carbocycles. The first-order chi connectivity index (χ1) is 6.40. The van der Waals surface area contributed by atoms with Crippen LogP contribution in [0, 0.1) is 0 Å². The van der Waals surface area contributed by atoms with Crippen molar-refractivity contribution in [2.75, 3.05) is 11.3 Å². The largest absolute Gasteiger partial charge is 0.333 e. The second-order valence-corrected chi connectivity index (χ2v) is 4.81. The van der Waals surface area contributed by atoms with Crippen LogP contribution < -0.4 is 0 Å². The Labute approximate surface area is 85.5 Å². The molecule has 0 spiro atoms. The topological polar surface area (TPSA) is 28.7 Å². The average molecular weight is 210 g/mol. The summed E-state index contributed by atoms with van der Waals surface area (Å²) >= 11 is 3.55. The molecule has 2 nitrogen and oxygen atoms in total. The smallest absolute Gasteiger partial charge is 0.167 e.